The lowest BCUT2D eigenvalue weighted by atomic mass is 9.95. The minimum Gasteiger partial charge on any atom is -0.349 e. The van der Waals surface area contributed by atoms with Gasteiger partial charge in [-0.1, -0.05) is 6.92 Å². The molecule has 1 fully saturated rings. The van der Waals surface area contributed by atoms with Crippen LogP contribution in [0.3, 0.4) is 0 Å². The fraction of sp³-hybridized carbons (Fsp3) is 0.462. The number of piperidine rings is 1. The molecule has 0 spiro atoms. The maximum absolute atomic E-state index is 13.2. The standard InChI is InChI=1S/C13H16FN3O3.ClH/c1-8-7-15-5-4-11(8)16-13(18)10-6-9(14)2-3-12(10)17(19)20;/h2-3,6,8,11,15H,4-5,7H2,1H3,(H,16,18);1H. The first kappa shape index (κ1) is 17.3. The number of nitrogens with one attached hydrogen (secondary N) is 2. The molecule has 0 saturated carbocycles. The average Bonchev–Trinajstić information content (AvgIpc) is 2.40. The Labute approximate surface area is 127 Å². The minimum absolute atomic E-state index is 0. The summed E-state index contributed by atoms with van der Waals surface area (Å²) in [6, 6.07) is 2.82. The molecule has 0 aliphatic carbocycles. The summed E-state index contributed by atoms with van der Waals surface area (Å²) in [5.74, 6) is -1.05. The van der Waals surface area contributed by atoms with Crippen molar-refractivity contribution in [3.05, 3.63) is 39.7 Å². The molecular weight excluding hydrogens is 301 g/mol. The van der Waals surface area contributed by atoms with E-state index in [-0.39, 0.29) is 35.6 Å². The fourth-order valence-corrected chi connectivity index (χ4v) is 2.32. The van der Waals surface area contributed by atoms with E-state index >= 15 is 0 Å². The van der Waals surface area contributed by atoms with Crippen molar-refractivity contribution in [2.75, 3.05) is 13.1 Å². The second-order valence-electron chi connectivity index (χ2n) is 4.97. The Hall–Kier alpha value is -1.73. The highest BCUT2D eigenvalue weighted by molar-refractivity contribution is 5.98. The van der Waals surface area contributed by atoms with E-state index in [1.807, 2.05) is 6.92 Å². The van der Waals surface area contributed by atoms with Crippen molar-refractivity contribution in [2.45, 2.75) is 19.4 Å². The lowest BCUT2D eigenvalue weighted by Crippen LogP contribution is -2.48. The van der Waals surface area contributed by atoms with E-state index in [1.54, 1.807) is 0 Å². The molecule has 0 aromatic heterocycles. The van der Waals surface area contributed by atoms with Crippen molar-refractivity contribution < 1.29 is 14.1 Å². The summed E-state index contributed by atoms with van der Waals surface area (Å²) in [5, 5.41) is 16.8. The van der Waals surface area contributed by atoms with E-state index in [2.05, 4.69) is 10.6 Å². The molecular formula is C13H17ClFN3O3. The van der Waals surface area contributed by atoms with Crippen molar-refractivity contribution in [1.82, 2.24) is 10.6 Å². The van der Waals surface area contributed by atoms with Crippen LogP contribution in [0, 0.1) is 21.8 Å². The van der Waals surface area contributed by atoms with Gasteiger partial charge >= 0.3 is 0 Å². The first-order chi connectivity index (χ1) is 9.49. The number of hydrogen-bond donors (Lipinski definition) is 2. The smallest absolute Gasteiger partial charge is 0.282 e. The molecule has 1 amide bonds. The largest absolute Gasteiger partial charge is 0.349 e. The van der Waals surface area contributed by atoms with E-state index in [9.17, 15) is 19.3 Å². The van der Waals surface area contributed by atoms with Crippen LogP contribution in [0.4, 0.5) is 10.1 Å². The predicted molar refractivity (Wildman–Crippen MR) is 78.2 cm³/mol. The van der Waals surface area contributed by atoms with Crippen molar-refractivity contribution in [2.24, 2.45) is 5.92 Å². The summed E-state index contributed by atoms with van der Waals surface area (Å²) in [6.07, 6.45) is 0.746. The molecule has 1 saturated heterocycles. The number of amides is 1. The van der Waals surface area contributed by atoms with Crippen LogP contribution < -0.4 is 10.6 Å². The first-order valence-electron chi connectivity index (χ1n) is 6.44. The topological polar surface area (TPSA) is 84.3 Å². The van der Waals surface area contributed by atoms with Gasteiger partial charge in [-0.15, -0.1) is 12.4 Å². The van der Waals surface area contributed by atoms with Crippen molar-refractivity contribution in [3.63, 3.8) is 0 Å². The predicted octanol–water partition coefficient (Wildman–Crippen LogP) is 1.88. The highest BCUT2D eigenvalue weighted by Gasteiger charge is 2.26. The number of nitrogens with zero attached hydrogens (tertiary/aromatic N) is 1. The zero-order valence-corrected chi connectivity index (χ0v) is 12.3. The summed E-state index contributed by atoms with van der Waals surface area (Å²) < 4.78 is 13.2. The van der Waals surface area contributed by atoms with Gasteiger partial charge < -0.3 is 10.6 Å². The van der Waals surface area contributed by atoms with Crippen LogP contribution in [0.15, 0.2) is 18.2 Å². The molecule has 2 rings (SSSR count). The van der Waals surface area contributed by atoms with Crippen molar-refractivity contribution >= 4 is 24.0 Å². The van der Waals surface area contributed by atoms with Gasteiger partial charge in [0.15, 0.2) is 0 Å². The van der Waals surface area contributed by atoms with Crippen LogP contribution in [0.5, 0.6) is 0 Å². The highest BCUT2D eigenvalue weighted by atomic mass is 35.5. The Morgan fingerprint density at radius 2 is 2.24 bits per heavy atom. The van der Waals surface area contributed by atoms with Crippen LogP contribution in [0.1, 0.15) is 23.7 Å². The van der Waals surface area contributed by atoms with Gasteiger partial charge in [-0.25, -0.2) is 4.39 Å². The van der Waals surface area contributed by atoms with Gasteiger partial charge in [0.05, 0.1) is 4.92 Å². The van der Waals surface area contributed by atoms with Crippen LogP contribution in [0.2, 0.25) is 0 Å². The molecule has 2 atom stereocenters. The van der Waals surface area contributed by atoms with E-state index < -0.39 is 16.6 Å². The Bertz CT molecular complexity index is 541. The van der Waals surface area contributed by atoms with Gasteiger partial charge in [0.1, 0.15) is 11.4 Å². The van der Waals surface area contributed by atoms with Gasteiger partial charge in [0.2, 0.25) is 0 Å². The van der Waals surface area contributed by atoms with Crippen LogP contribution >= 0.6 is 12.4 Å². The number of carbonyl (C=O) groups is 1. The lowest BCUT2D eigenvalue weighted by molar-refractivity contribution is -0.385. The molecule has 1 heterocycles. The zero-order valence-electron chi connectivity index (χ0n) is 11.5. The van der Waals surface area contributed by atoms with Gasteiger partial charge in [0, 0.05) is 12.1 Å². The Balaban J connectivity index is 0.00000220. The molecule has 21 heavy (non-hydrogen) atoms. The second-order valence-corrected chi connectivity index (χ2v) is 4.97. The Morgan fingerprint density at radius 3 is 2.86 bits per heavy atom. The van der Waals surface area contributed by atoms with Gasteiger partial charge in [-0.3, -0.25) is 14.9 Å². The van der Waals surface area contributed by atoms with E-state index in [1.165, 1.54) is 0 Å². The summed E-state index contributed by atoms with van der Waals surface area (Å²) in [4.78, 5) is 22.3. The first-order valence-corrected chi connectivity index (χ1v) is 6.44. The maximum Gasteiger partial charge on any atom is 0.282 e. The number of halogens is 2. The monoisotopic (exact) mass is 317 g/mol. The number of hydrogen-bond acceptors (Lipinski definition) is 4. The van der Waals surface area contributed by atoms with Crippen molar-refractivity contribution in [1.29, 1.82) is 0 Å². The number of benzene rings is 1. The van der Waals surface area contributed by atoms with Gasteiger partial charge in [-0.05, 0) is 37.6 Å². The molecule has 1 aromatic carbocycles. The molecule has 1 aliphatic rings. The molecule has 2 unspecified atom stereocenters. The number of nitro groups is 1. The quantitative estimate of drug-likeness (QED) is 0.658. The SMILES string of the molecule is CC1CNCCC1NC(=O)c1cc(F)ccc1[N+](=O)[O-].Cl. The van der Waals surface area contributed by atoms with Gasteiger partial charge in [0.25, 0.3) is 11.6 Å². The van der Waals surface area contributed by atoms with Crippen LogP contribution in [-0.2, 0) is 0 Å². The third-order valence-electron chi connectivity index (χ3n) is 3.50. The van der Waals surface area contributed by atoms with Gasteiger partial charge in [-0.2, -0.15) is 0 Å². The third-order valence-corrected chi connectivity index (χ3v) is 3.50. The average molecular weight is 318 g/mol. The van der Waals surface area contributed by atoms with Crippen molar-refractivity contribution in [3.8, 4) is 0 Å². The second kappa shape index (κ2) is 7.33. The fourth-order valence-electron chi connectivity index (χ4n) is 2.32. The number of nitro benzene ring substituents is 1. The lowest BCUT2D eigenvalue weighted by Gasteiger charge is -2.30. The summed E-state index contributed by atoms with van der Waals surface area (Å²) in [5.41, 5.74) is -0.619. The van der Waals surface area contributed by atoms with Crippen LogP contribution in [0.25, 0.3) is 0 Å². The summed E-state index contributed by atoms with van der Waals surface area (Å²) in [6.45, 7) is 3.54. The van der Waals surface area contributed by atoms with E-state index in [4.69, 9.17) is 0 Å². The van der Waals surface area contributed by atoms with E-state index in [0.29, 0.717) is 0 Å². The number of rotatable bonds is 3. The highest BCUT2D eigenvalue weighted by Crippen LogP contribution is 2.20. The minimum atomic E-state index is -0.680. The molecule has 8 heteroatoms. The summed E-state index contributed by atoms with van der Waals surface area (Å²) >= 11 is 0. The maximum atomic E-state index is 13.2. The Morgan fingerprint density at radius 1 is 1.52 bits per heavy atom. The van der Waals surface area contributed by atoms with Crippen LogP contribution in [-0.4, -0.2) is 30.0 Å². The molecule has 1 aromatic rings. The zero-order chi connectivity index (χ0) is 14.7. The molecule has 2 N–H and O–H groups in total. The molecule has 6 nitrogen and oxygen atoms in total. The third kappa shape index (κ3) is 4.12. The molecule has 1 aliphatic heterocycles. The van der Waals surface area contributed by atoms with E-state index in [0.717, 1.165) is 37.7 Å². The number of carbonyl (C=O) groups excluding carboxylic acids is 1. The Kier molecular flexibility index (Phi) is 6.04. The molecule has 0 radical (unpaired) electrons. The summed E-state index contributed by atoms with van der Waals surface area (Å²) in [7, 11) is 0. The normalized spacial score (nSPS) is 21.2. The molecule has 116 valence electrons. The molecule has 0 bridgehead atoms.